The molecule has 0 radical (unpaired) electrons. The van der Waals surface area contributed by atoms with Gasteiger partial charge in [0.05, 0.1) is 19.6 Å². The fourth-order valence-corrected chi connectivity index (χ4v) is 1.64. The van der Waals surface area contributed by atoms with E-state index in [0.29, 0.717) is 5.56 Å². The molecule has 0 aliphatic carbocycles. The molecule has 0 saturated heterocycles. The van der Waals surface area contributed by atoms with E-state index in [9.17, 15) is 14.4 Å². The number of carbonyl (C=O) groups excluding carboxylic acids is 3. The van der Waals surface area contributed by atoms with Gasteiger partial charge in [-0.15, -0.1) is 0 Å². The van der Waals surface area contributed by atoms with Gasteiger partial charge in [-0.05, 0) is 26.0 Å². The largest absolute Gasteiger partial charge is 0.466 e. The lowest BCUT2D eigenvalue weighted by Gasteiger charge is -2.17. The van der Waals surface area contributed by atoms with Crippen molar-refractivity contribution in [3.05, 3.63) is 35.9 Å². The second-order valence-electron chi connectivity index (χ2n) is 4.28. The summed E-state index contributed by atoms with van der Waals surface area (Å²) < 4.78 is 9.65. The molecule has 7 heteroatoms. The Bertz CT molecular complexity index is 504. The summed E-state index contributed by atoms with van der Waals surface area (Å²) in [5, 5.41) is 0. The minimum atomic E-state index is -1.01. The number of esters is 2. The molecule has 0 saturated carbocycles. The molecular weight excluding hydrogens is 288 g/mol. The normalized spacial score (nSPS) is 11.4. The van der Waals surface area contributed by atoms with Gasteiger partial charge in [0.1, 0.15) is 6.04 Å². The van der Waals surface area contributed by atoms with Crippen LogP contribution in [0.2, 0.25) is 0 Å². The van der Waals surface area contributed by atoms with Crippen LogP contribution in [0.25, 0.3) is 0 Å². The molecule has 1 aromatic carbocycles. The lowest BCUT2D eigenvalue weighted by molar-refractivity contribution is -0.152. The van der Waals surface area contributed by atoms with Gasteiger partial charge >= 0.3 is 11.9 Å². The van der Waals surface area contributed by atoms with Crippen LogP contribution in [0.15, 0.2) is 30.3 Å². The number of amides is 1. The smallest absolute Gasteiger partial charge is 0.325 e. The Morgan fingerprint density at radius 3 is 2.27 bits per heavy atom. The lowest BCUT2D eigenvalue weighted by Crippen LogP contribution is -2.49. The molecule has 22 heavy (non-hydrogen) atoms. The third-order valence-electron chi connectivity index (χ3n) is 2.64. The molecule has 0 aliphatic heterocycles. The van der Waals surface area contributed by atoms with Gasteiger partial charge < -0.3 is 9.47 Å². The quantitative estimate of drug-likeness (QED) is 0.545. The van der Waals surface area contributed by atoms with Crippen LogP contribution in [-0.2, 0) is 19.1 Å². The molecule has 0 aromatic heterocycles. The maximum absolute atomic E-state index is 11.9. The number of hydrazine groups is 1. The van der Waals surface area contributed by atoms with Gasteiger partial charge in [0.25, 0.3) is 5.91 Å². The molecule has 120 valence electrons. The van der Waals surface area contributed by atoms with Crippen LogP contribution in [-0.4, -0.2) is 37.1 Å². The molecule has 0 bridgehead atoms. The first-order valence-corrected chi connectivity index (χ1v) is 7.01. The number of carbonyl (C=O) groups is 3. The van der Waals surface area contributed by atoms with Crippen LogP contribution < -0.4 is 10.9 Å². The van der Waals surface area contributed by atoms with Crippen molar-refractivity contribution in [2.45, 2.75) is 26.3 Å². The summed E-state index contributed by atoms with van der Waals surface area (Å²) in [5.74, 6) is -1.61. The van der Waals surface area contributed by atoms with E-state index >= 15 is 0 Å². The highest BCUT2D eigenvalue weighted by molar-refractivity contribution is 5.94. The van der Waals surface area contributed by atoms with Crippen LogP contribution in [0.3, 0.4) is 0 Å². The molecule has 1 rings (SSSR count). The zero-order valence-electron chi connectivity index (χ0n) is 12.6. The van der Waals surface area contributed by atoms with E-state index < -0.39 is 23.9 Å². The summed E-state index contributed by atoms with van der Waals surface area (Å²) >= 11 is 0. The number of nitrogens with one attached hydrogen (secondary N) is 2. The summed E-state index contributed by atoms with van der Waals surface area (Å²) in [5.41, 5.74) is 5.33. The molecule has 1 aromatic rings. The summed E-state index contributed by atoms with van der Waals surface area (Å²) in [6, 6.07) is 7.47. The van der Waals surface area contributed by atoms with Crippen molar-refractivity contribution in [2.24, 2.45) is 0 Å². The van der Waals surface area contributed by atoms with Gasteiger partial charge in [0.2, 0.25) is 0 Å². The Kier molecular flexibility index (Phi) is 7.63. The minimum Gasteiger partial charge on any atom is -0.466 e. The Morgan fingerprint density at radius 1 is 1.05 bits per heavy atom. The van der Waals surface area contributed by atoms with E-state index in [1.165, 1.54) is 0 Å². The number of hydrogen-bond donors (Lipinski definition) is 2. The average molecular weight is 308 g/mol. The van der Waals surface area contributed by atoms with E-state index in [2.05, 4.69) is 10.9 Å². The summed E-state index contributed by atoms with van der Waals surface area (Å²) in [4.78, 5) is 35.2. The van der Waals surface area contributed by atoms with E-state index in [0.717, 1.165) is 0 Å². The van der Waals surface area contributed by atoms with Crippen molar-refractivity contribution in [3.63, 3.8) is 0 Å². The first kappa shape index (κ1) is 17.6. The highest BCUT2D eigenvalue weighted by atomic mass is 16.5. The first-order chi connectivity index (χ1) is 10.6. The molecule has 0 spiro atoms. The van der Waals surface area contributed by atoms with Gasteiger partial charge in [0, 0.05) is 5.56 Å². The molecule has 0 aliphatic rings. The monoisotopic (exact) mass is 308 g/mol. The molecule has 1 atom stereocenters. The Balaban J connectivity index is 2.62. The molecule has 7 nitrogen and oxygen atoms in total. The highest BCUT2D eigenvalue weighted by Crippen LogP contribution is 2.00. The third kappa shape index (κ3) is 5.92. The van der Waals surface area contributed by atoms with Gasteiger partial charge in [-0.2, -0.15) is 0 Å². The summed E-state index contributed by atoms with van der Waals surface area (Å²) in [6.45, 7) is 3.71. The highest BCUT2D eigenvalue weighted by Gasteiger charge is 2.24. The summed E-state index contributed by atoms with van der Waals surface area (Å²) in [6.07, 6.45) is -0.234. The van der Waals surface area contributed by atoms with E-state index in [4.69, 9.17) is 9.47 Å². The Morgan fingerprint density at radius 2 is 1.68 bits per heavy atom. The first-order valence-electron chi connectivity index (χ1n) is 7.01. The van der Waals surface area contributed by atoms with E-state index in [1.807, 2.05) is 0 Å². The maximum Gasteiger partial charge on any atom is 0.325 e. The standard InChI is InChI=1S/C15H20N2O5/c1-3-21-13(18)10-12(15(20)22-4-2)16-17-14(19)11-8-6-5-7-9-11/h5-9,12,16H,3-4,10H2,1-2H3,(H,17,19). The molecule has 0 fully saturated rings. The summed E-state index contributed by atoms with van der Waals surface area (Å²) in [7, 11) is 0. The van der Waals surface area contributed by atoms with Crippen molar-refractivity contribution < 1.29 is 23.9 Å². The van der Waals surface area contributed by atoms with Crippen LogP contribution in [0.5, 0.6) is 0 Å². The zero-order chi connectivity index (χ0) is 16.4. The van der Waals surface area contributed by atoms with Crippen LogP contribution >= 0.6 is 0 Å². The van der Waals surface area contributed by atoms with Crippen molar-refractivity contribution in [1.29, 1.82) is 0 Å². The van der Waals surface area contributed by atoms with Crippen molar-refractivity contribution >= 4 is 17.8 Å². The average Bonchev–Trinajstić information content (AvgIpc) is 2.52. The maximum atomic E-state index is 11.9. The SMILES string of the molecule is CCOC(=O)CC(NNC(=O)c1ccccc1)C(=O)OCC. The van der Waals surface area contributed by atoms with Crippen LogP contribution in [0.1, 0.15) is 30.6 Å². The predicted octanol–water partition coefficient (Wildman–Crippen LogP) is 0.806. The number of ether oxygens (including phenoxy) is 2. The van der Waals surface area contributed by atoms with Crippen molar-refractivity contribution in [3.8, 4) is 0 Å². The molecule has 0 heterocycles. The molecule has 2 N–H and O–H groups in total. The second-order valence-corrected chi connectivity index (χ2v) is 4.28. The third-order valence-corrected chi connectivity index (χ3v) is 2.64. The predicted molar refractivity (Wildman–Crippen MR) is 78.7 cm³/mol. The molecular formula is C15H20N2O5. The Labute approximate surface area is 128 Å². The van der Waals surface area contributed by atoms with Crippen molar-refractivity contribution in [2.75, 3.05) is 13.2 Å². The fraction of sp³-hybridized carbons (Fsp3) is 0.400. The van der Waals surface area contributed by atoms with Crippen LogP contribution in [0, 0.1) is 0 Å². The van der Waals surface area contributed by atoms with Gasteiger partial charge in [-0.1, -0.05) is 18.2 Å². The van der Waals surface area contributed by atoms with E-state index in [1.54, 1.807) is 44.2 Å². The lowest BCUT2D eigenvalue weighted by atomic mass is 10.2. The fourth-order valence-electron chi connectivity index (χ4n) is 1.64. The molecule has 1 amide bonds. The van der Waals surface area contributed by atoms with Gasteiger partial charge in [-0.25, -0.2) is 5.43 Å². The molecule has 1 unspecified atom stereocenters. The number of rotatable bonds is 8. The second kappa shape index (κ2) is 9.51. The topological polar surface area (TPSA) is 93.7 Å². The minimum absolute atomic E-state index is 0.173. The zero-order valence-corrected chi connectivity index (χ0v) is 12.6. The van der Waals surface area contributed by atoms with Crippen LogP contribution in [0.4, 0.5) is 0 Å². The van der Waals surface area contributed by atoms with Gasteiger partial charge in [-0.3, -0.25) is 19.8 Å². The number of hydrogen-bond acceptors (Lipinski definition) is 6. The van der Waals surface area contributed by atoms with E-state index in [-0.39, 0.29) is 19.6 Å². The Hall–Kier alpha value is -2.41. The number of benzene rings is 1. The van der Waals surface area contributed by atoms with Crippen molar-refractivity contribution in [1.82, 2.24) is 10.9 Å². The van der Waals surface area contributed by atoms with Gasteiger partial charge in [0.15, 0.2) is 0 Å².